The van der Waals surface area contributed by atoms with E-state index in [2.05, 4.69) is 19.2 Å². The first kappa shape index (κ1) is 11.7. The maximum absolute atomic E-state index is 11.7. The Morgan fingerprint density at radius 2 is 2.19 bits per heavy atom. The molecule has 2 aliphatic rings. The molecular formula is C12H22N2O2. The van der Waals surface area contributed by atoms with Gasteiger partial charge < -0.3 is 10.1 Å². The van der Waals surface area contributed by atoms with Crippen LogP contribution >= 0.6 is 0 Å². The lowest BCUT2D eigenvalue weighted by atomic mass is 9.79. The van der Waals surface area contributed by atoms with Gasteiger partial charge in [0.1, 0.15) is 6.61 Å². The van der Waals surface area contributed by atoms with Gasteiger partial charge in [-0.25, -0.2) is 4.79 Å². The molecule has 0 aliphatic carbocycles. The number of ether oxygens (including phenoxy) is 1. The molecule has 2 aliphatic heterocycles. The van der Waals surface area contributed by atoms with Crippen molar-refractivity contribution in [3.8, 4) is 0 Å². The first-order valence-corrected chi connectivity index (χ1v) is 6.33. The molecule has 1 amide bonds. The van der Waals surface area contributed by atoms with Crippen molar-refractivity contribution < 1.29 is 9.53 Å². The van der Waals surface area contributed by atoms with Gasteiger partial charge in [-0.2, -0.15) is 0 Å². The van der Waals surface area contributed by atoms with Gasteiger partial charge in [-0.3, -0.25) is 4.90 Å². The summed E-state index contributed by atoms with van der Waals surface area (Å²) in [5.74, 6) is 0.576. The summed E-state index contributed by atoms with van der Waals surface area (Å²) >= 11 is 0. The monoisotopic (exact) mass is 226 g/mol. The van der Waals surface area contributed by atoms with Crippen molar-refractivity contribution in [2.24, 2.45) is 5.92 Å². The molecule has 0 radical (unpaired) electrons. The Morgan fingerprint density at radius 3 is 2.81 bits per heavy atom. The van der Waals surface area contributed by atoms with E-state index in [9.17, 15) is 4.79 Å². The third kappa shape index (κ3) is 1.90. The summed E-state index contributed by atoms with van der Waals surface area (Å²) in [6.07, 6.45) is 3.17. The first-order valence-electron chi connectivity index (χ1n) is 6.33. The molecule has 0 bridgehead atoms. The largest absolute Gasteiger partial charge is 0.447 e. The zero-order valence-corrected chi connectivity index (χ0v) is 10.3. The summed E-state index contributed by atoms with van der Waals surface area (Å²) in [7, 11) is 0. The van der Waals surface area contributed by atoms with Crippen LogP contribution in [0.5, 0.6) is 0 Å². The lowest BCUT2D eigenvalue weighted by molar-refractivity contribution is 0.0939. The maximum atomic E-state index is 11.7. The highest BCUT2D eigenvalue weighted by molar-refractivity contribution is 5.71. The van der Waals surface area contributed by atoms with Crippen LogP contribution in [0.4, 0.5) is 4.79 Å². The Labute approximate surface area is 97.3 Å². The van der Waals surface area contributed by atoms with E-state index < -0.39 is 0 Å². The molecule has 2 heterocycles. The fraction of sp³-hybridized carbons (Fsp3) is 0.917. The van der Waals surface area contributed by atoms with Gasteiger partial charge in [0.2, 0.25) is 0 Å². The molecule has 0 aromatic rings. The fourth-order valence-corrected chi connectivity index (χ4v) is 2.92. The van der Waals surface area contributed by atoms with E-state index in [4.69, 9.17) is 4.74 Å². The highest BCUT2D eigenvalue weighted by Gasteiger charge is 2.48. The van der Waals surface area contributed by atoms with Gasteiger partial charge in [0.25, 0.3) is 0 Å². The third-order valence-corrected chi connectivity index (χ3v) is 3.99. The lowest BCUT2D eigenvalue weighted by Crippen LogP contribution is -2.53. The number of carbonyl (C=O) groups is 1. The molecule has 0 saturated carbocycles. The van der Waals surface area contributed by atoms with E-state index in [0.29, 0.717) is 12.5 Å². The van der Waals surface area contributed by atoms with Crippen molar-refractivity contribution in [3.05, 3.63) is 0 Å². The molecule has 4 heteroatoms. The Hall–Kier alpha value is -0.770. The molecule has 1 atom stereocenters. The zero-order chi connectivity index (χ0) is 11.6. The summed E-state index contributed by atoms with van der Waals surface area (Å²) < 4.78 is 5.25. The Bertz CT molecular complexity index is 264. The average Bonchev–Trinajstić information content (AvgIpc) is 2.60. The molecule has 1 unspecified atom stereocenters. The molecule has 2 rings (SSSR count). The normalized spacial score (nSPS) is 31.9. The number of hydrogen-bond acceptors (Lipinski definition) is 3. The van der Waals surface area contributed by atoms with Crippen LogP contribution in [0, 0.1) is 5.92 Å². The molecule has 0 spiro atoms. The van der Waals surface area contributed by atoms with Crippen LogP contribution in [0.1, 0.15) is 33.1 Å². The Kier molecular flexibility index (Phi) is 3.38. The predicted molar refractivity (Wildman–Crippen MR) is 62.3 cm³/mol. The second-order valence-electron chi connectivity index (χ2n) is 5.09. The topological polar surface area (TPSA) is 41.6 Å². The van der Waals surface area contributed by atoms with Crippen LogP contribution in [-0.4, -0.2) is 42.8 Å². The SMILES string of the molecule is CCCN1C(=O)OCC1(C)C1CCNCC1. The van der Waals surface area contributed by atoms with Gasteiger partial charge >= 0.3 is 6.09 Å². The van der Waals surface area contributed by atoms with Crippen LogP contribution < -0.4 is 5.32 Å². The van der Waals surface area contributed by atoms with E-state index in [1.54, 1.807) is 0 Å². The Balaban J connectivity index is 2.11. The molecule has 2 fully saturated rings. The predicted octanol–water partition coefficient (Wildman–Crippen LogP) is 1.61. The molecule has 4 nitrogen and oxygen atoms in total. The van der Waals surface area contributed by atoms with Crippen LogP contribution in [0.25, 0.3) is 0 Å². The van der Waals surface area contributed by atoms with E-state index in [1.165, 1.54) is 0 Å². The molecule has 0 aromatic carbocycles. The summed E-state index contributed by atoms with van der Waals surface area (Å²) in [5, 5.41) is 3.37. The number of carbonyl (C=O) groups excluding carboxylic acids is 1. The smallest absolute Gasteiger partial charge is 0.410 e. The van der Waals surface area contributed by atoms with Crippen molar-refractivity contribution in [2.45, 2.75) is 38.6 Å². The van der Waals surface area contributed by atoms with Gasteiger partial charge in [-0.15, -0.1) is 0 Å². The molecule has 0 aromatic heterocycles. The number of rotatable bonds is 3. The van der Waals surface area contributed by atoms with E-state index in [1.807, 2.05) is 4.90 Å². The van der Waals surface area contributed by atoms with E-state index in [-0.39, 0.29) is 11.6 Å². The van der Waals surface area contributed by atoms with Crippen molar-refractivity contribution >= 4 is 6.09 Å². The average molecular weight is 226 g/mol. The van der Waals surface area contributed by atoms with Gasteiger partial charge in [-0.05, 0) is 45.2 Å². The number of nitrogens with one attached hydrogen (secondary N) is 1. The zero-order valence-electron chi connectivity index (χ0n) is 10.3. The van der Waals surface area contributed by atoms with Crippen LogP contribution in [0.15, 0.2) is 0 Å². The Morgan fingerprint density at radius 1 is 1.50 bits per heavy atom. The minimum atomic E-state index is -0.122. The van der Waals surface area contributed by atoms with Crippen molar-refractivity contribution in [1.82, 2.24) is 10.2 Å². The van der Waals surface area contributed by atoms with E-state index in [0.717, 1.165) is 38.9 Å². The summed E-state index contributed by atoms with van der Waals surface area (Å²) in [6, 6.07) is 0. The highest BCUT2D eigenvalue weighted by Crippen LogP contribution is 2.36. The molecule has 1 N–H and O–H groups in total. The quantitative estimate of drug-likeness (QED) is 0.795. The van der Waals surface area contributed by atoms with Crippen LogP contribution in [-0.2, 0) is 4.74 Å². The minimum Gasteiger partial charge on any atom is -0.447 e. The molecular weight excluding hydrogens is 204 g/mol. The van der Waals surface area contributed by atoms with Crippen LogP contribution in [0.3, 0.4) is 0 Å². The minimum absolute atomic E-state index is 0.0742. The number of cyclic esters (lactones) is 1. The van der Waals surface area contributed by atoms with Gasteiger partial charge in [0.15, 0.2) is 0 Å². The lowest BCUT2D eigenvalue weighted by Gasteiger charge is -2.41. The summed E-state index contributed by atoms with van der Waals surface area (Å²) in [6.45, 7) is 7.80. The second-order valence-corrected chi connectivity index (χ2v) is 5.09. The van der Waals surface area contributed by atoms with E-state index >= 15 is 0 Å². The first-order chi connectivity index (χ1) is 7.68. The number of nitrogens with zero attached hydrogens (tertiary/aromatic N) is 1. The van der Waals surface area contributed by atoms with Gasteiger partial charge in [0.05, 0.1) is 5.54 Å². The van der Waals surface area contributed by atoms with Gasteiger partial charge in [-0.1, -0.05) is 6.92 Å². The summed E-state index contributed by atoms with van der Waals surface area (Å²) in [4.78, 5) is 13.7. The van der Waals surface area contributed by atoms with Crippen LogP contribution in [0.2, 0.25) is 0 Å². The van der Waals surface area contributed by atoms with Gasteiger partial charge in [0, 0.05) is 6.54 Å². The van der Waals surface area contributed by atoms with Crippen molar-refractivity contribution in [3.63, 3.8) is 0 Å². The summed E-state index contributed by atoms with van der Waals surface area (Å²) in [5.41, 5.74) is -0.0742. The molecule has 2 saturated heterocycles. The molecule has 16 heavy (non-hydrogen) atoms. The second kappa shape index (κ2) is 4.62. The number of piperidine rings is 1. The fourth-order valence-electron chi connectivity index (χ4n) is 2.92. The highest BCUT2D eigenvalue weighted by atomic mass is 16.6. The standard InChI is InChI=1S/C12H22N2O2/c1-3-8-14-11(15)16-9-12(14,2)10-4-6-13-7-5-10/h10,13H,3-9H2,1-2H3. The molecule has 92 valence electrons. The van der Waals surface area contributed by atoms with Crippen molar-refractivity contribution in [2.75, 3.05) is 26.2 Å². The van der Waals surface area contributed by atoms with Crippen molar-refractivity contribution in [1.29, 1.82) is 0 Å². The number of amides is 1. The maximum Gasteiger partial charge on any atom is 0.410 e. The third-order valence-electron chi connectivity index (χ3n) is 3.99. The number of hydrogen-bond donors (Lipinski definition) is 1.